The van der Waals surface area contributed by atoms with Crippen molar-refractivity contribution in [1.82, 2.24) is 4.90 Å². The van der Waals surface area contributed by atoms with Crippen molar-refractivity contribution in [1.29, 1.82) is 0 Å². The van der Waals surface area contributed by atoms with Crippen LogP contribution in [-0.2, 0) is 21.0 Å². The quantitative estimate of drug-likeness (QED) is 0.0524. The Kier molecular flexibility index (Phi) is 13.2. The molecule has 59 heavy (non-hydrogen) atoms. The molecule has 7 rings (SSSR count). The SMILES string of the molecule is C=CCOC12Oc3ccc(Oc4ccc(C)c(C)c4)cc3C3C(CCCCO)C(CCCCO)C=C(C(=NOCc4ccc([N+](=O)[O-])cc4)CC1N(C)C(=O)C1CC1)C32. The van der Waals surface area contributed by atoms with Gasteiger partial charge >= 0.3 is 0 Å². The highest BCUT2D eigenvalue weighted by Crippen LogP contribution is 2.62. The molecule has 1 aliphatic heterocycles. The van der Waals surface area contributed by atoms with Crippen LogP contribution in [-0.4, -0.2) is 70.4 Å². The van der Waals surface area contributed by atoms with Gasteiger partial charge < -0.3 is 34.2 Å². The maximum absolute atomic E-state index is 14.1. The first-order chi connectivity index (χ1) is 28.6. The van der Waals surface area contributed by atoms with E-state index in [1.165, 1.54) is 17.7 Å². The molecule has 3 aliphatic carbocycles. The Labute approximate surface area is 346 Å². The van der Waals surface area contributed by atoms with Gasteiger partial charge in [-0.15, -0.1) is 6.58 Å². The Morgan fingerprint density at radius 3 is 2.39 bits per heavy atom. The number of allylic oxidation sites excluding steroid dienone is 1. The fourth-order valence-electron chi connectivity index (χ4n) is 9.38. The maximum atomic E-state index is 14.1. The number of hydrogen-bond acceptors (Lipinski definition) is 10. The number of nitro benzene ring substituents is 1. The summed E-state index contributed by atoms with van der Waals surface area (Å²) < 4.78 is 20.8. The Balaban J connectivity index is 1.38. The molecular weight excluding hydrogens is 751 g/mol. The third kappa shape index (κ3) is 8.95. The van der Waals surface area contributed by atoms with E-state index < -0.39 is 22.7 Å². The van der Waals surface area contributed by atoms with E-state index in [0.29, 0.717) is 36.5 Å². The predicted molar refractivity (Wildman–Crippen MR) is 224 cm³/mol. The number of aliphatic hydroxyl groups excluding tert-OH is 2. The minimum Gasteiger partial charge on any atom is -0.459 e. The third-order valence-corrected chi connectivity index (χ3v) is 12.7. The highest BCUT2D eigenvalue weighted by atomic mass is 16.7. The van der Waals surface area contributed by atoms with E-state index in [-0.39, 0.29) is 61.7 Å². The highest BCUT2D eigenvalue weighted by molar-refractivity contribution is 6.03. The average Bonchev–Trinajstić information content (AvgIpc) is 4.09. The second kappa shape index (κ2) is 18.5. The van der Waals surface area contributed by atoms with Crippen molar-refractivity contribution in [2.24, 2.45) is 28.8 Å². The molecule has 0 spiro atoms. The summed E-state index contributed by atoms with van der Waals surface area (Å²) in [6.07, 6.45) is 10.6. The van der Waals surface area contributed by atoms with E-state index in [2.05, 4.69) is 38.6 Å². The molecule has 0 saturated heterocycles. The normalized spacial score (nSPS) is 24.9. The minimum atomic E-state index is -1.32. The van der Waals surface area contributed by atoms with Gasteiger partial charge in [0, 0.05) is 56.2 Å². The predicted octanol–water partition coefficient (Wildman–Crippen LogP) is 8.71. The molecule has 0 radical (unpaired) electrons. The number of aliphatic hydroxyl groups is 2. The number of ether oxygens (including phenoxy) is 3. The number of likely N-dealkylation sites (N-methyl/N-ethyl adjacent to an activating group) is 1. The average molecular weight is 808 g/mol. The molecule has 2 saturated carbocycles. The molecule has 2 fully saturated rings. The topological polar surface area (TPSA) is 153 Å². The van der Waals surface area contributed by atoms with Crippen LogP contribution in [0.2, 0.25) is 0 Å². The fourth-order valence-corrected chi connectivity index (χ4v) is 9.38. The largest absolute Gasteiger partial charge is 0.459 e. The summed E-state index contributed by atoms with van der Waals surface area (Å²) in [7, 11) is 1.84. The van der Waals surface area contributed by atoms with Gasteiger partial charge in [-0.25, -0.2) is 0 Å². The van der Waals surface area contributed by atoms with Crippen molar-refractivity contribution in [3.63, 3.8) is 0 Å². The van der Waals surface area contributed by atoms with Gasteiger partial charge in [0.15, 0.2) is 0 Å². The van der Waals surface area contributed by atoms with Crippen LogP contribution in [0.5, 0.6) is 17.2 Å². The number of amides is 1. The molecule has 0 aromatic heterocycles. The highest BCUT2D eigenvalue weighted by Gasteiger charge is 2.65. The molecule has 0 bridgehead atoms. The molecule has 3 aromatic carbocycles. The van der Waals surface area contributed by atoms with Crippen molar-refractivity contribution in [3.05, 3.63) is 117 Å². The number of benzene rings is 3. The monoisotopic (exact) mass is 807 g/mol. The number of hydrogen-bond donors (Lipinski definition) is 2. The van der Waals surface area contributed by atoms with Gasteiger partial charge in [-0.3, -0.25) is 14.9 Å². The summed E-state index contributed by atoms with van der Waals surface area (Å²) in [6, 6.07) is 17.6. The second-order valence-corrected chi connectivity index (χ2v) is 16.5. The molecule has 6 unspecified atom stereocenters. The minimum absolute atomic E-state index is 0.00582. The lowest BCUT2D eigenvalue weighted by Gasteiger charge is -2.59. The molecule has 3 aromatic rings. The van der Waals surface area contributed by atoms with E-state index in [0.717, 1.165) is 66.5 Å². The molecule has 12 nitrogen and oxygen atoms in total. The van der Waals surface area contributed by atoms with Gasteiger partial charge in [0.05, 0.1) is 23.2 Å². The van der Waals surface area contributed by atoms with Crippen LogP contribution in [0.3, 0.4) is 0 Å². The molecule has 1 heterocycles. The van der Waals surface area contributed by atoms with Gasteiger partial charge in [-0.2, -0.15) is 0 Å². The lowest BCUT2D eigenvalue weighted by molar-refractivity contribution is -0.384. The summed E-state index contributed by atoms with van der Waals surface area (Å²) in [5.74, 6) is 0.257. The Morgan fingerprint density at radius 1 is 1.00 bits per heavy atom. The third-order valence-electron chi connectivity index (χ3n) is 12.7. The molecule has 2 N–H and O–H groups in total. The summed E-state index contributed by atoms with van der Waals surface area (Å²) in [5.41, 5.74) is 5.63. The van der Waals surface area contributed by atoms with E-state index in [1.54, 1.807) is 23.1 Å². The van der Waals surface area contributed by atoms with Gasteiger partial charge in [-0.1, -0.05) is 36.2 Å². The number of carbonyl (C=O) groups excluding carboxylic acids is 1. The zero-order chi connectivity index (χ0) is 41.7. The zero-order valence-electron chi connectivity index (χ0n) is 34.4. The Bertz CT molecular complexity index is 2060. The number of rotatable bonds is 19. The van der Waals surface area contributed by atoms with E-state index in [9.17, 15) is 25.1 Å². The summed E-state index contributed by atoms with van der Waals surface area (Å²) in [5, 5.41) is 35.9. The molecule has 12 heteroatoms. The first-order valence-electron chi connectivity index (χ1n) is 21.0. The van der Waals surface area contributed by atoms with Crippen LogP contribution in [0.1, 0.15) is 86.0 Å². The van der Waals surface area contributed by atoms with Crippen LogP contribution in [0.15, 0.2) is 90.1 Å². The van der Waals surface area contributed by atoms with Crippen LogP contribution >= 0.6 is 0 Å². The van der Waals surface area contributed by atoms with E-state index in [4.69, 9.17) is 24.2 Å². The van der Waals surface area contributed by atoms with Gasteiger partial charge in [0.1, 0.15) is 29.9 Å². The number of nitro groups is 1. The first kappa shape index (κ1) is 42.1. The molecule has 1 amide bonds. The second-order valence-electron chi connectivity index (χ2n) is 16.5. The molecule has 314 valence electrons. The molecule has 4 aliphatic rings. The van der Waals surface area contributed by atoms with E-state index >= 15 is 0 Å². The number of nitrogens with zero attached hydrogens (tertiary/aromatic N) is 3. The summed E-state index contributed by atoms with van der Waals surface area (Å²) >= 11 is 0. The van der Waals surface area contributed by atoms with Crippen molar-refractivity contribution in [2.75, 3.05) is 26.9 Å². The van der Waals surface area contributed by atoms with Gasteiger partial charge in [0.25, 0.3) is 5.69 Å². The maximum Gasteiger partial charge on any atom is 0.269 e. The number of fused-ring (bicyclic) bond motifs is 2. The fraction of sp³-hybridized carbons (Fsp3) is 0.489. The first-order valence-corrected chi connectivity index (χ1v) is 21.0. The zero-order valence-corrected chi connectivity index (χ0v) is 34.4. The van der Waals surface area contributed by atoms with Crippen molar-refractivity contribution >= 4 is 17.3 Å². The Hall–Kier alpha value is -5.04. The lowest BCUT2D eigenvalue weighted by Crippen LogP contribution is -2.69. The van der Waals surface area contributed by atoms with Crippen LogP contribution in [0.25, 0.3) is 0 Å². The number of carbonyl (C=O) groups is 1. The molecular formula is C47H57N3O9. The Morgan fingerprint density at radius 2 is 1.71 bits per heavy atom. The van der Waals surface area contributed by atoms with Crippen LogP contribution in [0.4, 0.5) is 5.69 Å². The lowest BCUT2D eigenvalue weighted by atomic mass is 9.55. The van der Waals surface area contributed by atoms with E-state index in [1.807, 2.05) is 31.3 Å². The number of non-ortho nitro benzene ring substituents is 1. The summed E-state index contributed by atoms with van der Waals surface area (Å²) in [4.78, 5) is 32.8. The number of oxime groups is 1. The van der Waals surface area contributed by atoms with Crippen LogP contribution < -0.4 is 9.47 Å². The van der Waals surface area contributed by atoms with Crippen molar-refractivity contribution < 1.29 is 39.0 Å². The smallest absolute Gasteiger partial charge is 0.269 e. The summed E-state index contributed by atoms with van der Waals surface area (Å²) in [6.45, 7) is 8.60. The van der Waals surface area contributed by atoms with Gasteiger partial charge in [0.2, 0.25) is 11.7 Å². The van der Waals surface area contributed by atoms with Crippen molar-refractivity contribution in [3.8, 4) is 17.2 Å². The van der Waals surface area contributed by atoms with Crippen LogP contribution in [0, 0.1) is 47.6 Å². The molecule has 6 atom stereocenters. The van der Waals surface area contributed by atoms with Gasteiger partial charge in [-0.05, 0) is 129 Å². The van der Waals surface area contributed by atoms with Crippen molar-refractivity contribution in [2.45, 2.75) is 96.0 Å². The number of unbranched alkanes of at least 4 members (excludes halogenated alkanes) is 2. The standard InChI is InChI=1S/C47H57N3O9/c1-5-24-56-47-43(49(4)46(53)33-15-16-33)28-41(48-57-29-32-13-17-35(18-14-32)50(54)55)39-26-34(10-6-8-22-51)38(11-7-9-23-52)44(45(39)47)40-27-37(20-21-42(40)59-47)58-36-19-12-30(2)31(3)25-36/h5,12-14,17-21,25-27,33-34,38,43-45,51-52H,1,6-11,15-16,22-24,28-29H2,2-4H3. The number of aryl methyl sites for hydroxylation is 2.